The number of hydrogen-bond donors (Lipinski definition) is 0. The fourth-order valence-electron chi connectivity index (χ4n) is 2.33. The summed E-state index contributed by atoms with van der Waals surface area (Å²) in [5.41, 5.74) is 1.54. The van der Waals surface area contributed by atoms with Crippen molar-refractivity contribution >= 4 is 17.3 Å². The van der Waals surface area contributed by atoms with Gasteiger partial charge < -0.3 is 14.2 Å². The first kappa shape index (κ1) is 15.4. The number of nitrogens with zero attached hydrogens (tertiary/aromatic N) is 2. The minimum atomic E-state index is -0.486. The lowest BCUT2D eigenvalue weighted by molar-refractivity contribution is -0.384. The number of rotatable bonds is 4. The number of hydrogen-bond acceptors (Lipinski definition) is 6. The molecule has 1 aliphatic heterocycles. The zero-order valence-corrected chi connectivity index (χ0v) is 12.7. The normalized spacial score (nSPS) is 12.6. The minimum absolute atomic E-state index is 0.0308. The van der Waals surface area contributed by atoms with Crippen molar-refractivity contribution in [3.8, 4) is 23.3 Å². The van der Waals surface area contributed by atoms with Gasteiger partial charge in [-0.3, -0.25) is 10.1 Å². The standard InChI is InChI=1S/C17H12N2O5/c1-22-15-8-17-16(23-10-24-17)7-12(15)6-13(9-18)11-2-4-14(5-3-11)19(20)21/h2-8H,10H2,1H3/b13-6-. The highest BCUT2D eigenvalue weighted by atomic mass is 16.7. The fourth-order valence-corrected chi connectivity index (χ4v) is 2.33. The van der Waals surface area contributed by atoms with Crippen LogP contribution in [0.15, 0.2) is 36.4 Å². The number of fused-ring (bicyclic) bond motifs is 1. The van der Waals surface area contributed by atoms with Crippen molar-refractivity contribution in [1.29, 1.82) is 5.26 Å². The second-order valence-corrected chi connectivity index (χ2v) is 4.92. The summed E-state index contributed by atoms with van der Waals surface area (Å²) in [6.45, 7) is 0.138. The maximum atomic E-state index is 10.7. The topological polar surface area (TPSA) is 94.6 Å². The van der Waals surface area contributed by atoms with E-state index >= 15 is 0 Å². The highest BCUT2D eigenvalue weighted by molar-refractivity contribution is 5.91. The molecule has 0 saturated carbocycles. The van der Waals surface area contributed by atoms with Crippen molar-refractivity contribution in [3.63, 3.8) is 0 Å². The Balaban J connectivity index is 2.02. The summed E-state index contributed by atoms with van der Waals surface area (Å²) in [6.07, 6.45) is 1.64. The molecule has 7 heteroatoms. The third-order valence-corrected chi connectivity index (χ3v) is 3.53. The summed E-state index contributed by atoms with van der Waals surface area (Å²) in [4.78, 5) is 10.2. The number of methoxy groups -OCH3 is 1. The summed E-state index contributed by atoms with van der Waals surface area (Å²) in [6, 6.07) is 11.3. The Morgan fingerprint density at radius 2 is 1.96 bits per heavy atom. The number of nitro benzene ring substituents is 1. The van der Waals surface area contributed by atoms with E-state index in [1.165, 1.54) is 31.4 Å². The first-order valence-electron chi connectivity index (χ1n) is 6.96. The molecule has 0 amide bonds. The van der Waals surface area contributed by atoms with E-state index in [1.54, 1.807) is 18.2 Å². The average molecular weight is 324 g/mol. The van der Waals surface area contributed by atoms with Gasteiger partial charge >= 0.3 is 0 Å². The fraction of sp³-hybridized carbons (Fsp3) is 0.118. The molecule has 0 saturated heterocycles. The number of nitro groups is 1. The van der Waals surface area contributed by atoms with E-state index < -0.39 is 4.92 Å². The molecule has 2 aromatic rings. The van der Waals surface area contributed by atoms with Crippen LogP contribution in [-0.4, -0.2) is 18.8 Å². The van der Waals surface area contributed by atoms with Crippen LogP contribution in [0.1, 0.15) is 11.1 Å². The molecule has 120 valence electrons. The molecule has 24 heavy (non-hydrogen) atoms. The largest absolute Gasteiger partial charge is 0.496 e. The van der Waals surface area contributed by atoms with Crippen LogP contribution >= 0.6 is 0 Å². The third-order valence-electron chi connectivity index (χ3n) is 3.53. The molecule has 0 spiro atoms. The molecule has 2 aromatic carbocycles. The highest BCUT2D eigenvalue weighted by Crippen LogP contribution is 2.39. The number of nitriles is 1. The van der Waals surface area contributed by atoms with E-state index in [4.69, 9.17) is 14.2 Å². The summed E-state index contributed by atoms with van der Waals surface area (Å²) >= 11 is 0. The van der Waals surface area contributed by atoms with Gasteiger partial charge in [-0.05, 0) is 29.8 Å². The maximum absolute atomic E-state index is 10.7. The van der Waals surface area contributed by atoms with Crippen molar-refractivity contribution in [2.45, 2.75) is 0 Å². The van der Waals surface area contributed by atoms with E-state index in [2.05, 4.69) is 6.07 Å². The van der Waals surface area contributed by atoms with Gasteiger partial charge in [-0.2, -0.15) is 5.26 Å². The van der Waals surface area contributed by atoms with Crippen LogP contribution in [0, 0.1) is 21.4 Å². The zero-order valence-electron chi connectivity index (χ0n) is 12.7. The van der Waals surface area contributed by atoms with Crippen LogP contribution < -0.4 is 14.2 Å². The van der Waals surface area contributed by atoms with Crippen molar-refractivity contribution in [3.05, 3.63) is 57.6 Å². The average Bonchev–Trinajstić information content (AvgIpc) is 3.06. The summed E-state index contributed by atoms with van der Waals surface area (Å²) in [5.74, 6) is 1.69. The molecule has 0 aliphatic carbocycles. The van der Waals surface area contributed by atoms with Gasteiger partial charge in [0.25, 0.3) is 5.69 Å². The van der Waals surface area contributed by atoms with Crippen molar-refractivity contribution in [2.24, 2.45) is 0 Å². The van der Waals surface area contributed by atoms with Gasteiger partial charge in [-0.15, -0.1) is 0 Å². The lowest BCUT2D eigenvalue weighted by Gasteiger charge is -2.07. The molecular formula is C17H12N2O5. The first-order valence-corrected chi connectivity index (χ1v) is 6.96. The maximum Gasteiger partial charge on any atom is 0.269 e. The van der Waals surface area contributed by atoms with E-state index in [9.17, 15) is 15.4 Å². The van der Waals surface area contributed by atoms with Crippen LogP contribution in [0.3, 0.4) is 0 Å². The molecule has 0 fully saturated rings. The van der Waals surface area contributed by atoms with Gasteiger partial charge in [0.1, 0.15) is 5.75 Å². The highest BCUT2D eigenvalue weighted by Gasteiger charge is 2.17. The number of allylic oxidation sites excluding steroid dienone is 1. The van der Waals surface area contributed by atoms with E-state index in [1.807, 2.05) is 0 Å². The van der Waals surface area contributed by atoms with E-state index in [0.717, 1.165) is 0 Å². The molecule has 1 heterocycles. The second kappa shape index (κ2) is 6.30. The molecule has 0 aromatic heterocycles. The minimum Gasteiger partial charge on any atom is -0.496 e. The van der Waals surface area contributed by atoms with E-state index in [-0.39, 0.29) is 12.5 Å². The van der Waals surface area contributed by atoms with Crippen LogP contribution in [0.5, 0.6) is 17.2 Å². The van der Waals surface area contributed by atoms with Crippen molar-refractivity contribution in [2.75, 3.05) is 13.9 Å². The Morgan fingerprint density at radius 1 is 1.29 bits per heavy atom. The lowest BCUT2D eigenvalue weighted by atomic mass is 10.0. The number of benzene rings is 2. The molecule has 0 N–H and O–H groups in total. The first-order chi connectivity index (χ1) is 11.6. The van der Waals surface area contributed by atoms with Gasteiger partial charge in [0, 0.05) is 23.8 Å². The Kier molecular flexibility index (Phi) is 4.03. The predicted molar refractivity (Wildman–Crippen MR) is 85.7 cm³/mol. The van der Waals surface area contributed by atoms with Gasteiger partial charge in [0.05, 0.1) is 23.7 Å². The SMILES string of the molecule is COc1cc2c(cc1/C=C(/C#N)c1ccc([N+](=O)[O-])cc1)OCO2. The lowest BCUT2D eigenvalue weighted by Crippen LogP contribution is -1.92. The van der Waals surface area contributed by atoms with Crippen molar-refractivity contribution < 1.29 is 19.1 Å². The summed E-state index contributed by atoms with van der Waals surface area (Å²) in [5, 5.41) is 20.1. The van der Waals surface area contributed by atoms with Crippen LogP contribution in [-0.2, 0) is 0 Å². The number of ether oxygens (including phenoxy) is 3. The third kappa shape index (κ3) is 2.85. The molecule has 0 radical (unpaired) electrons. The molecule has 3 rings (SSSR count). The Bertz CT molecular complexity index is 866. The summed E-state index contributed by atoms with van der Waals surface area (Å²) < 4.78 is 16.0. The van der Waals surface area contributed by atoms with Gasteiger partial charge in [0.15, 0.2) is 11.5 Å². The van der Waals surface area contributed by atoms with Gasteiger partial charge in [0.2, 0.25) is 6.79 Å². The Labute approximate surface area is 137 Å². The Hall–Kier alpha value is -3.53. The molecule has 7 nitrogen and oxygen atoms in total. The van der Waals surface area contributed by atoms with Gasteiger partial charge in [-0.25, -0.2) is 0 Å². The number of non-ortho nitro benzene ring substituents is 1. The van der Waals surface area contributed by atoms with Crippen LogP contribution in [0.25, 0.3) is 11.6 Å². The molecule has 0 atom stereocenters. The molecule has 0 bridgehead atoms. The van der Waals surface area contributed by atoms with Gasteiger partial charge in [-0.1, -0.05) is 0 Å². The second-order valence-electron chi connectivity index (χ2n) is 4.92. The zero-order chi connectivity index (χ0) is 17.1. The Morgan fingerprint density at radius 3 is 2.54 bits per heavy atom. The molecule has 0 unspecified atom stereocenters. The van der Waals surface area contributed by atoms with Crippen molar-refractivity contribution in [1.82, 2.24) is 0 Å². The van der Waals surface area contributed by atoms with Crippen LogP contribution in [0.4, 0.5) is 5.69 Å². The summed E-state index contributed by atoms with van der Waals surface area (Å²) in [7, 11) is 1.52. The molecular weight excluding hydrogens is 312 g/mol. The monoisotopic (exact) mass is 324 g/mol. The van der Waals surface area contributed by atoms with Crippen LogP contribution in [0.2, 0.25) is 0 Å². The quantitative estimate of drug-likeness (QED) is 0.370. The molecule has 1 aliphatic rings. The van der Waals surface area contributed by atoms with E-state index in [0.29, 0.717) is 33.9 Å². The smallest absolute Gasteiger partial charge is 0.269 e. The predicted octanol–water partition coefficient (Wildman–Crippen LogP) is 3.40.